The fourth-order valence-electron chi connectivity index (χ4n) is 1.76. The Morgan fingerprint density at radius 2 is 1.57 bits per heavy atom. The van der Waals surface area contributed by atoms with Gasteiger partial charge in [0.2, 0.25) is 11.6 Å². The molecule has 1 unspecified atom stereocenters. The maximum Gasteiger partial charge on any atom is 0.269 e. The predicted molar refractivity (Wildman–Crippen MR) is 77.5 cm³/mol. The minimum Gasteiger partial charge on any atom is -0.288 e. The summed E-state index contributed by atoms with van der Waals surface area (Å²) in [5.74, 6) is -1.45. The molecule has 2 aromatic rings. The van der Waals surface area contributed by atoms with E-state index in [0.717, 1.165) is 0 Å². The molecule has 0 aliphatic heterocycles. The number of Topliss-reactive ketones (excluding diaryl/α,β-unsaturated/α-hetero) is 2. The molecule has 6 heteroatoms. The smallest absolute Gasteiger partial charge is 0.269 e. The summed E-state index contributed by atoms with van der Waals surface area (Å²) in [7, 11) is 0. The lowest BCUT2D eigenvalue weighted by molar-refractivity contribution is -0.384. The largest absolute Gasteiger partial charge is 0.288 e. The predicted octanol–water partition coefficient (Wildman–Crippen LogP) is 3.33. The van der Waals surface area contributed by atoms with Gasteiger partial charge >= 0.3 is 0 Å². The van der Waals surface area contributed by atoms with Gasteiger partial charge in [0.05, 0.1) is 4.92 Å². The molecule has 0 aromatic heterocycles. The van der Waals surface area contributed by atoms with Gasteiger partial charge in [0.25, 0.3) is 5.69 Å². The molecule has 0 N–H and O–H groups in total. The molecule has 0 fully saturated rings. The van der Waals surface area contributed by atoms with E-state index in [0.29, 0.717) is 5.56 Å². The van der Waals surface area contributed by atoms with E-state index < -0.39 is 21.9 Å². The zero-order valence-electron chi connectivity index (χ0n) is 10.7. The molecule has 0 bridgehead atoms. The molecule has 0 spiro atoms. The van der Waals surface area contributed by atoms with Crippen LogP contribution in [-0.2, 0) is 4.79 Å². The molecule has 0 saturated heterocycles. The van der Waals surface area contributed by atoms with Crippen molar-refractivity contribution in [1.82, 2.24) is 0 Å². The molecule has 0 aliphatic carbocycles. The highest BCUT2D eigenvalue weighted by Gasteiger charge is 2.26. The van der Waals surface area contributed by atoms with Crippen molar-refractivity contribution in [3.63, 3.8) is 0 Å². The maximum absolute atomic E-state index is 12.0. The highest BCUT2D eigenvalue weighted by Crippen LogP contribution is 2.25. The number of ketones is 2. The molecule has 2 rings (SSSR count). The van der Waals surface area contributed by atoms with E-state index in [9.17, 15) is 19.7 Å². The zero-order chi connectivity index (χ0) is 15.4. The summed E-state index contributed by atoms with van der Waals surface area (Å²) in [5, 5.41) is 9.39. The van der Waals surface area contributed by atoms with Gasteiger partial charge in [0, 0.05) is 17.7 Å². The summed E-state index contributed by atoms with van der Waals surface area (Å²) >= 11 is 5.99. The van der Waals surface area contributed by atoms with Crippen LogP contribution >= 0.6 is 11.6 Å². The molecular weight excluding hydrogens is 294 g/mol. The van der Waals surface area contributed by atoms with Crippen LogP contribution in [0.15, 0.2) is 54.6 Å². The molecule has 5 nitrogen and oxygen atoms in total. The Kier molecular flexibility index (Phi) is 4.45. The number of nitro benzene ring substituents is 1. The standard InChI is InChI=1S/C15H10ClNO4/c16-13(10-6-8-12(9-7-10)17(20)21)15(19)14(18)11-4-2-1-3-5-11/h1-9,13H. The third-order valence-corrected chi connectivity index (χ3v) is 3.34. The van der Waals surface area contributed by atoms with Crippen LogP contribution in [-0.4, -0.2) is 16.5 Å². The monoisotopic (exact) mass is 303 g/mol. The molecule has 106 valence electrons. The van der Waals surface area contributed by atoms with Gasteiger partial charge in [-0.15, -0.1) is 11.6 Å². The van der Waals surface area contributed by atoms with Gasteiger partial charge in [-0.3, -0.25) is 19.7 Å². The van der Waals surface area contributed by atoms with Crippen LogP contribution in [0.5, 0.6) is 0 Å². The lowest BCUT2D eigenvalue weighted by atomic mass is 10.0. The number of alkyl halides is 1. The van der Waals surface area contributed by atoms with E-state index in [-0.39, 0.29) is 11.3 Å². The number of benzene rings is 2. The lowest BCUT2D eigenvalue weighted by Crippen LogP contribution is -2.19. The number of halogens is 1. The summed E-state index contributed by atoms with van der Waals surface area (Å²) in [6, 6.07) is 13.3. The van der Waals surface area contributed by atoms with E-state index in [1.807, 2.05) is 0 Å². The third kappa shape index (κ3) is 3.32. The molecule has 0 aliphatic rings. The molecule has 2 aromatic carbocycles. The van der Waals surface area contributed by atoms with E-state index >= 15 is 0 Å². The Labute approximate surface area is 125 Å². The Balaban J connectivity index is 2.19. The van der Waals surface area contributed by atoms with Crippen molar-refractivity contribution in [3.05, 3.63) is 75.8 Å². The fourth-order valence-corrected chi connectivity index (χ4v) is 2.01. The van der Waals surface area contributed by atoms with Crippen LogP contribution < -0.4 is 0 Å². The van der Waals surface area contributed by atoms with Crippen molar-refractivity contribution >= 4 is 28.9 Å². The normalized spacial score (nSPS) is 11.7. The van der Waals surface area contributed by atoms with Crippen LogP contribution in [0.2, 0.25) is 0 Å². The second-order valence-electron chi connectivity index (χ2n) is 4.27. The van der Waals surface area contributed by atoms with Gasteiger partial charge in [-0.1, -0.05) is 42.5 Å². The molecular formula is C15H10ClNO4. The van der Waals surface area contributed by atoms with Crippen molar-refractivity contribution < 1.29 is 14.5 Å². The second kappa shape index (κ2) is 6.28. The first-order chi connectivity index (χ1) is 10.0. The van der Waals surface area contributed by atoms with E-state index in [1.165, 1.54) is 36.4 Å². The van der Waals surface area contributed by atoms with Gasteiger partial charge in [0.1, 0.15) is 5.38 Å². The Hall–Kier alpha value is -2.53. The highest BCUT2D eigenvalue weighted by atomic mass is 35.5. The van der Waals surface area contributed by atoms with E-state index in [2.05, 4.69) is 0 Å². The van der Waals surface area contributed by atoms with Gasteiger partial charge in [-0.25, -0.2) is 0 Å². The number of nitro groups is 1. The van der Waals surface area contributed by atoms with Gasteiger partial charge in [0.15, 0.2) is 0 Å². The first kappa shape index (κ1) is 14.9. The van der Waals surface area contributed by atoms with Gasteiger partial charge < -0.3 is 0 Å². The number of non-ortho nitro benzene ring substituents is 1. The van der Waals surface area contributed by atoms with Crippen LogP contribution in [0, 0.1) is 10.1 Å². The summed E-state index contributed by atoms with van der Waals surface area (Å²) in [4.78, 5) is 34.0. The average molecular weight is 304 g/mol. The molecule has 21 heavy (non-hydrogen) atoms. The van der Waals surface area contributed by atoms with Crippen LogP contribution in [0.3, 0.4) is 0 Å². The summed E-state index contributed by atoms with van der Waals surface area (Å²) < 4.78 is 0. The third-order valence-electron chi connectivity index (χ3n) is 2.89. The molecule has 1 atom stereocenters. The Morgan fingerprint density at radius 1 is 1.00 bits per heavy atom. The Bertz CT molecular complexity index is 683. The fraction of sp³-hybridized carbons (Fsp3) is 0.0667. The van der Waals surface area contributed by atoms with E-state index in [1.54, 1.807) is 18.2 Å². The summed E-state index contributed by atoms with van der Waals surface area (Å²) in [6.07, 6.45) is 0. The lowest BCUT2D eigenvalue weighted by Gasteiger charge is -2.08. The summed E-state index contributed by atoms with van der Waals surface area (Å²) in [6.45, 7) is 0. The topological polar surface area (TPSA) is 77.3 Å². The zero-order valence-corrected chi connectivity index (χ0v) is 11.5. The molecule has 0 amide bonds. The van der Waals surface area contributed by atoms with Gasteiger partial charge in [-0.2, -0.15) is 0 Å². The number of carbonyl (C=O) groups is 2. The SMILES string of the molecule is O=C(C(=O)C(Cl)c1ccc([N+](=O)[O-])cc1)c1ccccc1. The number of carbonyl (C=O) groups excluding carboxylic acids is 2. The quantitative estimate of drug-likeness (QED) is 0.279. The Morgan fingerprint density at radius 3 is 2.10 bits per heavy atom. The first-order valence-corrected chi connectivity index (χ1v) is 6.46. The number of rotatable bonds is 5. The van der Waals surface area contributed by atoms with E-state index in [4.69, 9.17) is 11.6 Å². The van der Waals surface area contributed by atoms with Crippen molar-refractivity contribution in [3.8, 4) is 0 Å². The van der Waals surface area contributed by atoms with Crippen LogP contribution in [0.1, 0.15) is 21.3 Å². The first-order valence-electron chi connectivity index (χ1n) is 6.02. The number of nitrogens with zero attached hydrogens (tertiary/aromatic N) is 1. The molecule has 0 heterocycles. The maximum atomic E-state index is 12.0. The number of hydrogen-bond acceptors (Lipinski definition) is 4. The number of hydrogen-bond donors (Lipinski definition) is 0. The van der Waals surface area contributed by atoms with Crippen molar-refractivity contribution in [1.29, 1.82) is 0 Å². The second-order valence-corrected chi connectivity index (χ2v) is 4.71. The summed E-state index contributed by atoms with van der Waals surface area (Å²) in [5.41, 5.74) is 0.496. The average Bonchev–Trinajstić information content (AvgIpc) is 2.53. The molecule has 0 saturated carbocycles. The van der Waals surface area contributed by atoms with Crippen molar-refractivity contribution in [2.45, 2.75) is 5.38 Å². The van der Waals surface area contributed by atoms with Crippen LogP contribution in [0.25, 0.3) is 0 Å². The minimum atomic E-state index is -1.17. The van der Waals surface area contributed by atoms with Gasteiger partial charge in [-0.05, 0) is 5.56 Å². The molecule has 0 radical (unpaired) electrons. The van der Waals surface area contributed by atoms with Crippen molar-refractivity contribution in [2.24, 2.45) is 0 Å². The van der Waals surface area contributed by atoms with Crippen LogP contribution in [0.4, 0.5) is 5.69 Å². The van der Waals surface area contributed by atoms with Crippen molar-refractivity contribution in [2.75, 3.05) is 0 Å². The highest BCUT2D eigenvalue weighted by molar-refractivity contribution is 6.53. The minimum absolute atomic E-state index is 0.107.